The van der Waals surface area contributed by atoms with Crippen LogP contribution in [-0.4, -0.2) is 60.5 Å². The maximum atomic E-state index is 14.4. The molecule has 1 N–H and O–H groups in total. The predicted octanol–water partition coefficient (Wildman–Crippen LogP) is 5.58. The Kier molecular flexibility index (Phi) is 8.35. The van der Waals surface area contributed by atoms with Gasteiger partial charge in [0.05, 0.1) is 31.9 Å². The molecular weight excluding hydrogens is 544 g/mol. The zero-order chi connectivity index (χ0) is 29.1. The second-order valence-corrected chi connectivity index (χ2v) is 10.6. The van der Waals surface area contributed by atoms with Crippen LogP contribution in [-0.2, 0) is 9.53 Å². The minimum atomic E-state index is -0.495. The van der Waals surface area contributed by atoms with Crippen LogP contribution in [0.25, 0.3) is 0 Å². The number of nitrogens with zero attached hydrogens (tertiary/aromatic N) is 3. The number of urea groups is 1. The molecule has 214 valence electrons. The zero-order valence-electron chi connectivity index (χ0n) is 23.5. The molecule has 5 rings (SSSR count). The van der Waals surface area contributed by atoms with Gasteiger partial charge in [0.15, 0.2) is 0 Å². The SMILES string of the molecule is COC1=CCCC(C2C(c3ccc(Cl)cc3)N=C(c3ccc(OC)cc3OC(C)C)N2C(=O)N2C=CNC(=O)C2)=C1. The molecule has 2 aromatic rings. The Bertz CT molecular complexity index is 1450. The van der Waals surface area contributed by atoms with Crippen molar-refractivity contribution in [2.24, 2.45) is 4.99 Å². The van der Waals surface area contributed by atoms with Gasteiger partial charge in [-0.05, 0) is 74.2 Å². The molecule has 2 heterocycles. The lowest BCUT2D eigenvalue weighted by atomic mass is 9.88. The number of halogens is 1. The van der Waals surface area contributed by atoms with Crippen LogP contribution in [0.3, 0.4) is 0 Å². The Morgan fingerprint density at radius 1 is 1.12 bits per heavy atom. The molecule has 9 nitrogen and oxygen atoms in total. The molecule has 0 spiro atoms. The van der Waals surface area contributed by atoms with E-state index in [0.29, 0.717) is 34.3 Å². The monoisotopic (exact) mass is 576 g/mol. The van der Waals surface area contributed by atoms with Crippen molar-refractivity contribution in [1.82, 2.24) is 15.1 Å². The number of methoxy groups -OCH3 is 2. The van der Waals surface area contributed by atoms with Gasteiger partial charge in [0, 0.05) is 23.5 Å². The van der Waals surface area contributed by atoms with Crippen LogP contribution >= 0.6 is 11.6 Å². The fourth-order valence-corrected chi connectivity index (χ4v) is 5.34. The molecule has 41 heavy (non-hydrogen) atoms. The van der Waals surface area contributed by atoms with Crippen molar-refractivity contribution in [3.63, 3.8) is 0 Å². The van der Waals surface area contributed by atoms with Crippen molar-refractivity contribution >= 4 is 29.4 Å². The van der Waals surface area contributed by atoms with Crippen LogP contribution in [0.5, 0.6) is 11.5 Å². The van der Waals surface area contributed by atoms with Crippen LogP contribution in [0.1, 0.15) is 43.9 Å². The molecule has 10 heteroatoms. The van der Waals surface area contributed by atoms with Gasteiger partial charge in [-0.25, -0.2) is 4.79 Å². The van der Waals surface area contributed by atoms with Gasteiger partial charge in [-0.3, -0.25) is 19.6 Å². The third-order valence-electron chi connectivity index (χ3n) is 7.06. The van der Waals surface area contributed by atoms with Gasteiger partial charge in [-0.1, -0.05) is 23.7 Å². The molecule has 2 aromatic carbocycles. The van der Waals surface area contributed by atoms with Crippen LogP contribution in [0, 0.1) is 0 Å². The van der Waals surface area contributed by atoms with Crippen molar-refractivity contribution in [3.8, 4) is 11.5 Å². The predicted molar refractivity (Wildman–Crippen MR) is 157 cm³/mol. The molecule has 0 fully saturated rings. The molecule has 2 atom stereocenters. The van der Waals surface area contributed by atoms with Crippen LogP contribution in [0.15, 0.2) is 83.3 Å². The number of ether oxygens (including phenoxy) is 3. The summed E-state index contributed by atoms with van der Waals surface area (Å²) in [7, 11) is 3.22. The van der Waals surface area contributed by atoms with E-state index in [1.54, 1.807) is 31.4 Å². The first kappa shape index (κ1) is 28.3. The van der Waals surface area contributed by atoms with Crippen LogP contribution < -0.4 is 14.8 Å². The van der Waals surface area contributed by atoms with Gasteiger partial charge < -0.3 is 19.5 Å². The summed E-state index contributed by atoms with van der Waals surface area (Å²) in [6, 6.07) is 11.6. The molecule has 1 aliphatic carbocycles. The van der Waals surface area contributed by atoms with E-state index >= 15 is 0 Å². The van der Waals surface area contributed by atoms with Crippen LogP contribution in [0.4, 0.5) is 4.79 Å². The van der Waals surface area contributed by atoms with Crippen molar-refractivity contribution in [3.05, 3.63) is 94.5 Å². The van der Waals surface area contributed by atoms with Gasteiger partial charge >= 0.3 is 6.03 Å². The second kappa shape index (κ2) is 12.1. The standard InChI is InChI=1S/C31H33ClN4O5/c1-19(2)41-26-17-24(40-4)12-13-25(26)30-34-28(20-8-10-22(32)11-9-20)29(21-6-5-7-23(16-21)39-3)36(30)31(38)35-15-14-33-27(37)18-35/h7-17,19,28-29H,5-6,18H2,1-4H3,(H,33,37). The van der Waals surface area contributed by atoms with E-state index in [2.05, 4.69) is 5.32 Å². The number of rotatable bonds is 7. The number of nitrogens with one attached hydrogen (secondary N) is 1. The van der Waals surface area contributed by atoms with Gasteiger partial charge in [0.25, 0.3) is 0 Å². The zero-order valence-corrected chi connectivity index (χ0v) is 24.2. The highest BCUT2D eigenvalue weighted by Gasteiger charge is 2.45. The number of benzene rings is 2. The summed E-state index contributed by atoms with van der Waals surface area (Å²) < 4.78 is 17.3. The first-order chi connectivity index (χ1) is 19.8. The highest BCUT2D eigenvalue weighted by atomic mass is 35.5. The van der Waals surface area contributed by atoms with E-state index in [1.165, 1.54) is 11.1 Å². The quantitative estimate of drug-likeness (QED) is 0.464. The summed E-state index contributed by atoms with van der Waals surface area (Å²) in [6.07, 6.45) is 8.37. The highest BCUT2D eigenvalue weighted by molar-refractivity contribution is 6.30. The molecule has 0 saturated carbocycles. The maximum Gasteiger partial charge on any atom is 0.330 e. The third-order valence-corrected chi connectivity index (χ3v) is 7.31. The molecule has 2 unspecified atom stereocenters. The molecule has 3 amide bonds. The number of amidine groups is 1. The summed E-state index contributed by atoms with van der Waals surface area (Å²) in [5, 5.41) is 3.23. The summed E-state index contributed by atoms with van der Waals surface area (Å²) in [4.78, 5) is 35.0. The van der Waals surface area contributed by atoms with E-state index in [4.69, 9.17) is 30.8 Å². The summed E-state index contributed by atoms with van der Waals surface area (Å²) >= 11 is 6.24. The lowest BCUT2D eigenvalue weighted by Gasteiger charge is -2.35. The number of carbonyl (C=O) groups is 2. The fourth-order valence-electron chi connectivity index (χ4n) is 5.21. The van der Waals surface area contributed by atoms with Gasteiger partial charge in [0.2, 0.25) is 5.91 Å². The van der Waals surface area contributed by atoms with E-state index in [1.807, 2.05) is 62.4 Å². The van der Waals surface area contributed by atoms with E-state index in [-0.39, 0.29) is 24.6 Å². The number of allylic oxidation sites excluding steroid dienone is 2. The first-order valence-corrected chi connectivity index (χ1v) is 13.9. The number of carbonyl (C=O) groups excluding carboxylic acids is 2. The van der Waals surface area contributed by atoms with Gasteiger partial charge in [-0.2, -0.15) is 0 Å². The van der Waals surface area contributed by atoms with Gasteiger partial charge in [-0.15, -0.1) is 0 Å². The molecule has 3 aliphatic rings. The number of amides is 3. The fraction of sp³-hybridized carbons (Fsp3) is 0.323. The smallest absolute Gasteiger partial charge is 0.330 e. The molecule has 0 aromatic heterocycles. The molecule has 0 radical (unpaired) electrons. The first-order valence-electron chi connectivity index (χ1n) is 13.5. The summed E-state index contributed by atoms with van der Waals surface area (Å²) in [5.74, 6) is 2.04. The minimum absolute atomic E-state index is 0.113. The Balaban J connectivity index is 1.71. The normalized spacial score (nSPS) is 20.3. The molecule has 2 aliphatic heterocycles. The largest absolute Gasteiger partial charge is 0.497 e. The van der Waals surface area contributed by atoms with E-state index in [9.17, 15) is 9.59 Å². The lowest BCUT2D eigenvalue weighted by Crippen LogP contribution is -2.52. The average molecular weight is 577 g/mol. The van der Waals surface area contributed by atoms with E-state index < -0.39 is 12.1 Å². The Hall–Kier alpha value is -4.24. The minimum Gasteiger partial charge on any atom is -0.497 e. The number of hydrogen-bond donors (Lipinski definition) is 1. The molecular formula is C31H33ClN4O5. The summed E-state index contributed by atoms with van der Waals surface area (Å²) in [5.41, 5.74) is 2.52. The average Bonchev–Trinajstić information content (AvgIpc) is 3.37. The summed E-state index contributed by atoms with van der Waals surface area (Å²) in [6.45, 7) is 3.76. The second-order valence-electron chi connectivity index (χ2n) is 10.2. The van der Waals surface area contributed by atoms with Gasteiger partial charge in [0.1, 0.15) is 35.7 Å². The number of hydrogen-bond acceptors (Lipinski definition) is 6. The van der Waals surface area contributed by atoms with Crippen molar-refractivity contribution < 1.29 is 23.8 Å². The Labute approximate surface area is 244 Å². The van der Waals surface area contributed by atoms with E-state index in [0.717, 1.165) is 23.3 Å². The van der Waals surface area contributed by atoms with Crippen LogP contribution in [0.2, 0.25) is 5.02 Å². The Morgan fingerprint density at radius 3 is 2.59 bits per heavy atom. The highest BCUT2D eigenvalue weighted by Crippen LogP contribution is 2.42. The topological polar surface area (TPSA) is 92.7 Å². The third kappa shape index (κ3) is 5.95. The van der Waals surface area contributed by atoms with Crippen molar-refractivity contribution in [1.29, 1.82) is 0 Å². The molecule has 0 saturated heterocycles. The number of aliphatic imine (C=N–C) groups is 1. The molecule has 0 bridgehead atoms. The lowest BCUT2D eigenvalue weighted by molar-refractivity contribution is -0.120. The maximum absolute atomic E-state index is 14.4. The van der Waals surface area contributed by atoms with Crippen molar-refractivity contribution in [2.45, 2.75) is 44.9 Å². The Morgan fingerprint density at radius 2 is 1.90 bits per heavy atom. The van der Waals surface area contributed by atoms with Crippen molar-refractivity contribution in [2.75, 3.05) is 20.8 Å².